The number of sulfonamides is 1. The zero-order chi connectivity index (χ0) is 23.7. The highest BCUT2D eigenvalue weighted by atomic mass is 32.2. The Hall–Kier alpha value is -3.03. The summed E-state index contributed by atoms with van der Waals surface area (Å²) >= 11 is 0. The van der Waals surface area contributed by atoms with Gasteiger partial charge in [-0.1, -0.05) is 49.4 Å². The minimum Gasteiger partial charge on any atom is -0.466 e. The molecule has 174 valence electrons. The first-order valence-corrected chi connectivity index (χ1v) is 12.6. The van der Waals surface area contributed by atoms with Crippen molar-refractivity contribution in [3.8, 4) is 0 Å². The van der Waals surface area contributed by atoms with Crippen LogP contribution in [0, 0.1) is 0 Å². The second-order valence-corrected chi connectivity index (χ2v) is 9.62. The molecule has 7 heteroatoms. The highest BCUT2D eigenvalue weighted by Gasteiger charge is 2.15. The van der Waals surface area contributed by atoms with Crippen molar-refractivity contribution in [3.63, 3.8) is 0 Å². The second kappa shape index (κ2) is 11.7. The van der Waals surface area contributed by atoms with Gasteiger partial charge < -0.3 is 4.74 Å². The molecule has 0 aliphatic heterocycles. The van der Waals surface area contributed by atoms with Crippen LogP contribution in [0.15, 0.2) is 78.0 Å². The van der Waals surface area contributed by atoms with Gasteiger partial charge in [0, 0.05) is 31.3 Å². The molecule has 0 aliphatic rings. The number of esters is 1. The summed E-state index contributed by atoms with van der Waals surface area (Å²) in [6.07, 6.45) is 5.00. The fourth-order valence-electron chi connectivity index (χ4n) is 3.65. The molecule has 1 N–H and O–H groups in total. The molecule has 0 saturated carbocycles. The molecule has 0 amide bonds. The first-order chi connectivity index (χ1) is 15.9. The zero-order valence-electron chi connectivity index (χ0n) is 19.0. The Bertz CT molecular complexity index is 1150. The third-order valence-corrected chi connectivity index (χ3v) is 6.92. The first-order valence-electron chi connectivity index (χ1n) is 11.1. The number of aryl methyl sites for hydroxylation is 1. The van der Waals surface area contributed by atoms with Crippen LogP contribution in [-0.4, -0.2) is 32.5 Å². The molecule has 0 aliphatic carbocycles. The van der Waals surface area contributed by atoms with Crippen molar-refractivity contribution in [2.45, 2.75) is 43.9 Å². The quantitative estimate of drug-likeness (QED) is 0.427. The van der Waals surface area contributed by atoms with Crippen molar-refractivity contribution in [1.29, 1.82) is 0 Å². The van der Waals surface area contributed by atoms with Crippen molar-refractivity contribution >= 4 is 16.0 Å². The van der Waals surface area contributed by atoms with Crippen LogP contribution in [0.5, 0.6) is 0 Å². The fourth-order valence-corrected chi connectivity index (χ4v) is 4.70. The highest BCUT2D eigenvalue weighted by molar-refractivity contribution is 7.89. The summed E-state index contributed by atoms with van der Waals surface area (Å²) in [7, 11) is -3.56. The second-order valence-electron chi connectivity index (χ2n) is 7.86. The van der Waals surface area contributed by atoms with Crippen LogP contribution in [0.4, 0.5) is 0 Å². The van der Waals surface area contributed by atoms with Gasteiger partial charge in [-0.2, -0.15) is 0 Å². The molecule has 6 nitrogen and oxygen atoms in total. The van der Waals surface area contributed by atoms with Crippen LogP contribution >= 0.6 is 0 Å². The summed E-state index contributed by atoms with van der Waals surface area (Å²) in [4.78, 5) is 16.3. The van der Waals surface area contributed by atoms with E-state index in [1.165, 1.54) is 0 Å². The van der Waals surface area contributed by atoms with Crippen molar-refractivity contribution in [2.24, 2.45) is 0 Å². The number of nitrogens with zero attached hydrogens (tertiary/aromatic N) is 1. The Labute approximate surface area is 196 Å². The monoisotopic (exact) mass is 466 g/mol. The average molecular weight is 467 g/mol. The van der Waals surface area contributed by atoms with Crippen LogP contribution in [-0.2, 0) is 32.4 Å². The highest BCUT2D eigenvalue weighted by Crippen LogP contribution is 2.26. The topological polar surface area (TPSA) is 85.4 Å². The molecule has 1 aromatic heterocycles. The van der Waals surface area contributed by atoms with E-state index in [1.807, 2.05) is 24.4 Å². The number of rotatable bonds is 11. The Balaban J connectivity index is 1.77. The van der Waals surface area contributed by atoms with E-state index >= 15 is 0 Å². The van der Waals surface area contributed by atoms with Crippen molar-refractivity contribution in [1.82, 2.24) is 9.71 Å². The number of nitrogens with one attached hydrogen (secondary N) is 1. The third-order valence-electron chi connectivity index (χ3n) is 5.44. The van der Waals surface area contributed by atoms with E-state index < -0.39 is 10.0 Å². The maximum absolute atomic E-state index is 12.5. The van der Waals surface area contributed by atoms with E-state index in [2.05, 4.69) is 28.8 Å². The van der Waals surface area contributed by atoms with E-state index in [1.54, 1.807) is 43.5 Å². The fraction of sp³-hybridized carbons (Fsp3) is 0.308. The molecule has 3 rings (SSSR count). The Morgan fingerprint density at radius 3 is 2.39 bits per heavy atom. The number of carbonyl (C=O) groups excluding carboxylic acids is 1. The average Bonchev–Trinajstić information content (AvgIpc) is 2.83. The van der Waals surface area contributed by atoms with Gasteiger partial charge in [0.05, 0.1) is 11.5 Å². The van der Waals surface area contributed by atoms with Crippen LogP contribution in [0.1, 0.15) is 48.4 Å². The van der Waals surface area contributed by atoms with E-state index in [9.17, 15) is 13.2 Å². The zero-order valence-corrected chi connectivity index (χ0v) is 19.8. The summed E-state index contributed by atoms with van der Waals surface area (Å²) in [5, 5.41) is 0. The predicted octanol–water partition coefficient (Wildman–Crippen LogP) is 4.25. The van der Waals surface area contributed by atoms with Gasteiger partial charge in [0.15, 0.2) is 0 Å². The van der Waals surface area contributed by atoms with Gasteiger partial charge in [0.25, 0.3) is 0 Å². The lowest BCUT2D eigenvalue weighted by atomic mass is 9.90. The van der Waals surface area contributed by atoms with Crippen LogP contribution < -0.4 is 4.72 Å². The van der Waals surface area contributed by atoms with Gasteiger partial charge in [-0.15, -0.1) is 0 Å². The Kier molecular flexibility index (Phi) is 8.74. The molecule has 1 heterocycles. The summed E-state index contributed by atoms with van der Waals surface area (Å²) in [6, 6.07) is 18.5. The smallest absolute Gasteiger partial charge is 0.306 e. The van der Waals surface area contributed by atoms with Crippen molar-refractivity contribution in [3.05, 3.63) is 95.3 Å². The predicted molar refractivity (Wildman–Crippen MR) is 128 cm³/mol. The van der Waals surface area contributed by atoms with Gasteiger partial charge in [-0.3, -0.25) is 9.78 Å². The van der Waals surface area contributed by atoms with Crippen LogP contribution in [0.25, 0.3) is 0 Å². The number of hydrogen-bond donors (Lipinski definition) is 1. The first kappa shape index (κ1) is 24.6. The van der Waals surface area contributed by atoms with Crippen molar-refractivity contribution in [2.75, 3.05) is 13.2 Å². The molecular formula is C26H30N2O4S. The summed E-state index contributed by atoms with van der Waals surface area (Å²) in [5.41, 5.74) is 4.23. The standard InChI is InChI=1S/C26H30N2O4S/c1-3-32-26(29)12-11-21-16-22(13-15-28-33(30,31)25-9-5-4-6-10-25)18-24(17-21)20(2)23-8-7-14-27-19-23/h4-10,14,16-20,28H,3,11-13,15H2,1-2H3. The molecule has 0 spiro atoms. The lowest BCUT2D eigenvalue weighted by molar-refractivity contribution is -0.143. The van der Waals surface area contributed by atoms with Gasteiger partial charge in [-0.25, -0.2) is 13.1 Å². The third kappa shape index (κ3) is 7.23. The van der Waals surface area contributed by atoms with E-state index in [0.717, 1.165) is 22.3 Å². The molecule has 0 fully saturated rings. The number of benzene rings is 2. The minimum absolute atomic E-state index is 0.112. The summed E-state index contributed by atoms with van der Waals surface area (Å²) < 4.78 is 32.8. The molecular weight excluding hydrogens is 436 g/mol. The molecule has 1 atom stereocenters. The van der Waals surface area contributed by atoms with Crippen molar-refractivity contribution < 1.29 is 17.9 Å². The molecule has 0 radical (unpaired) electrons. The largest absolute Gasteiger partial charge is 0.466 e. The lowest BCUT2D eigenvalue weighted by Crippen LogP contribution is -2.26. The van der Waals surface area contributed by atoms with Gasteiger partial charge in [-0.05, 0) is 60.2 Å². The molecule has 0 saturated heterocycles. The van der Waals surface area contributed by atoms with E-state index in [-0.39, 0.29) is 23.3 Å². The van der Waals surface area contributed by atoms with Gasteiger partial charge in [0.2, 0.25) is 10.0 Å². The van der Waals surface area contributed by atoms with Gasteiger partial charge >= 0.3 is 5.97 Å². The van der Waals surface area contributed by atoms with Crippen LogP contribution in [0.3, 0.4) is 0 Å². The number of carbonyl (C=O) groups is 1. The molecule has 33 heavy (non-hydrogen) atoms. The number of pyridine rings is 1. The number of hydrogen-bond acceptors (Lipinski definition) is 5. The molecule has 2 aromatic carbocycles. The normalized spacial score (nSPS) is 12.3. The van der Waals surface area contributed by atoms with Gasteiger partial charge in [0.1, 0.15) is 0 Å². The van der Waals surface area contributed by atoms with E-state index in [4.69, 9.17) is 4.74 Å². The van der Waals surface area contributed by atoms with E-state index in [0.29, 0.717) is 25.9 Å². The SMILES string of the molecule is CCOC(=O)CCc1cc(CCNS(=O)(=O)c2ccccc2)cc(C(C)c2cccnc2)c1. The maximum Gasteiger partial charge on any atom is 0.306 e. The summed E-state index contributed by atoms with van der Waals surface area (Å²) in [6.45, 7) is 4.55. The van der Waals surface area contributed by atoms with Crippen LogP contribution in [0.2, 0.25) is 0 Å². The lowest BCUT2D eigenvalue weighted by Gasteiger charge is -2.16. The molecule has 3 aromatic rings. The number of ether oxygens (including phenoxy) is 1. The Morgan fingerprint density at radius 2 is 1.73 bits per heavy atom. The Morgan fingerprint density at radius 1 is 1.00 bits per heavy atom. The summed E-state index contributed by atoms with van der Waals surface area (Å²) in [5.74, 6) is -0.110. The number of aromatic nitrogens is 1. The maximum atomic E-state index is 12.5. The molecule has 1 unspecified atom stereocenters. The molecule has 0 bridgehead atoms. The minimum atomic E-state index is -3.56.